The van der Waals surface area contributed by atoms with E-state index in [1.165, 1.54) is 18.5 Å². The average molecular weight is 617 g/mol. The number of aryl methyl sites for hydroxylation is 1. The van der Waals surface area contributed by atoms with Crippen LogP contribution >= 0.6 is 0 Å². The number of fused-ring (bicyclic) bond motifs is 1. The van der Waals surface area contributed by atoms with Crippen molar-refractivity contribution in [2.45, 2.75) is 52.5 Å². The highest BCUT2D eigenvalue weighted by Gasteiger charge is 2.45. The van der Waals surface area contributed by atoms with E-state index in [1.54, 1.807) is 36.2 Å². The summed E-state index contributed by atoms with van der Waals surface area (Å²) in [6.45, 7) is 5.85. The minimum Gasteiger partial charge on any atom is -0.508 e. The number of hydrogen-bond acceptors (Lipinski definition) is 10. The Labute approximate surface area is 260 Å². The van der Waals surface area contributed by atoms with Crippen LogP contribution in [0.2, 0.25) is 0 Å². The van der Waals surface area contributed by atoms with Crippen LogP contribution in [0.4, 0.5) is 10.5 Å². The smallest absolute Gasteiger partial charge is 0.419 e. The Morgan fingerprint density at radius 3 is 2.58 bits per heavy atom. The first-order valence-electron chi connectivity index (χ1n) is 14.8. The quantitative estimate of drug-likeness (QED) is 0.268. The maximum Gasteiger partial charge on any atom is 0.419 e. The van der Waals surface area contributed by atoms with E-state index in [9.17, 15) is 24.3 Å². The fourth-order valence-corrected chi connectivity index (χ4v) is 5.06. The van der Waals surface area contributed by atoms with Gasteiger partial charge in [0, 0.05) is 18.2 Å². The molecule has 1 atom stereocenters. The van der Waals surface area contributed by atoms with Crippen molar-refractivity contribution < 1.29 is 33.8 Å². The molecule has 0 bridgehead atoms. The third kappa shape index (κ3) is 7.31. The van der Waals surface area contributed by atoms with Crippen molar-refractivity contribution in [3.8, 4) is 5.75 Å². The Bertz CT molecular complexity index is 1580. The minimum absolute atomic E-state index is 0.0669. The average Bonchev–Trinajstić information content (AvgIpc) is 3.79. The number of imide groups is 1. The molecule has 13 heteroatoms. The summed E-state index contributed by atoms with van der Waals surface area (Å²) >= 11 is 0. The van der Waals surface area contributed by atoms with E-state index < -0.39 is 30.7 Å². The van der Waals surface area contributed by atoms with Crippen LogP contribution in [-0.4, -0.2) is 77.0 Å². The number of aliphatic imine (C=N–C) groups is 2. The fourth-order valence-electron chi connectivity index (χ4n) is 5.06. The van der Waals surface area contributed by atoms with Crippen LogP contribution in [0.5, 0.6) is 5.75 Å². The zero-order valence-corrected chi connectivity index (χ0v) is 25.4. The van der Waals surface area contributed by atoms with E-state index in [0.717, 1.165) is 16.9 Å². The zero-order valence-electron chi connectivity index (χ0n) is 25.4. The van der Waals surface area contributed by atoms with Gasteiger partial charge in [-0.1, -0.05) is 25.1 Å². The van der Waals surface area contributed by atoms with Gasteiger partial charge in [-0.25, -0.2) is 19.7 Å². The number of carbonyl (C=O) groups excluding carboxylic acids is 4. The Morgan fingerprint density at radius 1 is 1.11 bits per heavy atom. The maximum absolute atomic E-state index is 13.8. The van der Waals surface area contributed by atoms with Crippen LogP contribution in [0.25, 0.3) is 0 Å². The number of esters is 1. The van der Waals surface area contributed by atoms with Gasteiger partial charge in [0.25, 0.3) is 5.91 Å². The van der Waals surface area contributed by atoms with Crippen molar-refractivity contribution in [3.05, 3.63) is 70.4 Å². The number of phenols is 1. The van der Waals surface area contributed by atoms with Gasteiger partial charge in [0.2, 0.25) is 12.7 Å². The Hall–Kier alpha value is -5.20. The number of amidine groups is 1. The number of hydrogen-bond donors (Lipinski definition) is 3. The molecule has 0 radical (unpaired) electrons. The van der Waals surface area contributed by atoms with Crippen molar-refractivity contribution in [2.24, 2.45) is 15.9 Å². The highest BCUT2D eigenvalue weighted by atomic mass is 16.7. The largest absolute Gasteiger partial charge is 0.508 e. The summed E-state index contributed by atoms with van der Waals surface area (Å²) in [7, 11) is 0. The van der Waals surface area contributed by atoms with E-state index in [0.29, 0.717) is 53.3 Å². The predicted octanol–water partition coefficient (Wildman–Crippen LogP) is 3.49. The molecule has 236 valence electrons. The first-order valence-corrected chi connectivity index (χ1v) is 14.8. The van der Waals surface area contributed by atoms with Crippen LogP contribution in [-0.2, 0) is 25.5 Å². The number of ether oxygens (including phenoxy) is 2. The SMILES string of the molecule is CCCNC(=O)c1ccc(C)c(N=C2N=CNN3CC(C(=O)N(C(=O)OCOC(=O)Cc4ccc(O)cc4)C4CC4)C(C)=C23)c1. The lowest BCUT2D eigenvalue weighted by Gasteiger charge is -2.26. The molecular formula is C32H36N6O7. The Kier molecular flexibility index (Phi) is 9.45. The molecular weight excluding hydrogens is 580 g/mol. The molecule has 0 saturated heterocycles. The van der Waals surface area contributed by atoms with Crippen molar-refractivity contribution in [3.63, 3.8) is 0 Å². The Morgan fingerprint density at radius 2 is 1.87 bits per heavy atom. The van der Waals surface area contributed by atoms with Gasteiger partial charge < -0.3 is 19.9 Å². The summed E-state index contributed by atoms with van der Waals surface area (Å²) in [5.41, 5.74) is 6.87. The number of benzene rings is 2. The maximum atomic E-state index is 13.8. The third-order valence-electron chi connectivity index (χ3n) is 7.71. The second kappa shape index (κ2) is 13.6. The first-order chi connectivity index (χ1) is 21.7. The van der Waals surface area contributed by atoms with Gasteiger partial charge in [-0.3, -0.25) is 24.8 Å². The number of carbonyl (C=O) groups is 4. The normalized spacial score (nSPS) is 17.9. The lowest BCUT2D eigenvalue weighted by Crippen LogP contribution is -2.46. The van der Waals surface area contributed by atoms with Gasteiger partial charge in [0.1, 0.15) is 17.8 Å². The lowest BCUT2D eigenvalue weighted by atomic mass is 10.0. The molecule has 0 aromatic heterocycles. The van der Waals surface area contributed by atoms with Crippen molar-refractivity contribution in [2.75, 3.05) is 19.9 Å². The first kappa shape index (κ1) is 31.2. The molecule has 3 aliphatic rings. The molecule has 45 heavy (non-hydrogen) atoms. The van der Waals surface area contributed by atoms with Gasteiger partial charge in [-0.05, 0) is 74.1 Å². The van der Waals surface area contributed by atoms with Gasteiger partial charge in [0.15, 0.2) is 5.84 Å². The van der Waals surface area contributed by atoms with Crippen molar-refractivity contribution >= 4 is 41.7 Å². The molecule has 1 fully saturated rings. The van der Waals surface area contributed by atoms with Crippen LogP contribution in [0.3, 0.4) is 0 Å². The number of phenolic OH excluding ortho intramolecular Hbond substituents is 1. The van der Waals surface area contributed by atoms with E-state index in [2.05, 4.69) is 15.7 Å². The molecule has 1 unspecified atom stereocenters. The highest BCUT2D eigenvalue weighted by Crippen LogP contribution is 2.36. The predicted molar refractivity (Wildman–Crippen MR) is 165 cm³/mol. The lowest BCUT2D eigenvalue weighted by molar-refractivity contribution is -0.152. The number of rotatable bonds is 10. The van der Waals surface area contributed by atoms with Crippen LogP contribution in [0, 0.1) is 12.8 Å². The Balaban J connectivity index is 1.28. The summed E-state index contributed by atoms with van der Waals surface area (Å²) < 4.78 is 10.2. The molecule has 2 aliphatic heterocycles. The minimum atomic E-state index is -0.880. The second-order valence-corrected chi connectivity index (χ2v) is 11.1. The number of nitrogens with zero attached hydrogens (tertiary/aromatic N) is 4. The summed E-state index contributed by atoms with van der Waals surface area (Å²) in [6, 6.07) is 11.1. The summed E-state index contributed by atoms with van der Waals surface area (Å²) in [4.78, 5) is 61.9. The second-order valence-electron chi connectivity index (χ2n) is 11.1. The molecule has 0 spiro atoms. The van der Waals surface area contributed by atoms with Gasteiger partial charge >= 0.3 is 12.1 Å². The monoisotopic (exact) mass is 616 g/mol. The molecule has 5 rings (SSSR count). The van der Waals surface area contributed by atoms with E-state index in [4.69, 9.17) is 14.5 Å². The molecule has 3 N–H and O–H groups in total. The van der Waals surface area contributed by atoms with Crippen LogP contribution < -0.4 is 10.7 Å². The molecule has 3 amide bonds. The number of aromatic hydroxyl groups is 1. The van der Waals surface area contributed by atoms with Crippen molar-refractivity contribution in [1.82, 2.24) is 20.7 Å². The van der Waals surface area contributed by atoms with Gasteiger partial charge in [-0.15, -0.1) is 0 Å². The topological polar surface area (TPSA) is 162 Å². The van der Waals surface area contributed by atoms with E-state index >= 15 is 0 Å². The van der Waals surface area contributed by atoms with E-state index in [-0.39, 0.29) is 30.7 Å². The summed E-state index contributed by atoms with van der Waals surface area (Å²) in [6.07, 6.45) is 2.67. The summed E-state index contributed by atoms with van der Waals surface area (Å²) in [5, 5.41) is 14.0. The molecule has 2 aromatic carbocycles. The molecule has 13 nitrogen and oxygen atoms in total. The van der Waals surface area contributed by atoms with Crippen LogP contribution in [0.15, 0.2) is 63.7 Å². The summed E-state index contributed by atoms with van der Waals surface area (Å²) in [5.74, 6) is -1.46. The van der Waals surface area contributed by atoms with Gasteiger partial charge in [0.05, 0.1) is 24.6 Å². The number of nitrogens with one attached hydrogen (secondary N) is 2. The molecule has 2 aromatic rings. The van der Waals surface area contributed by atoms with E-state index in [1.807, 2.05) is 19.9 Å². The zero-order chi connectivity index (χ0) is 32.1. The fraction of sp³-hybridized carbons (Fsp3) is 0.375. The van der Waals surface area contributed by atoms with Crippen LogP contribution in [0.1, 0.15) is 54.6 Å². The molecule has 1 saturated carbocycles. The number of amides is 3. The molecule has 1 aliphatic carbocycles. The highest BCUT2D eigenvalue weighted by molar-refractivity contribution is 6.07. The molecule has 2 heterocycles. The standard InChI is InChI=1S/C32H36N6O7/c1-4-13-33-30(41)22-8-5-19(2)26(15-22)36-29-28-20(3)25(16-37(28)35-17-34-29)31(42)38(23-9-10-23)32(43)45-18-44-27(40)14-21-6-11-24(39)12-7-21/h5-8,11-12,15,17,23,25,39H,4,9-10,13-14,16,18H2,1-3H3,(H,33,41)(H,34,35,36). The third-order valence-corrected chi connectivity index (χ3v) is 7.71. The van der Waals surface area contributed by atoms with Gasteiger partial charge in [-0.2, -0.15) is 0 Å². The number of hydrazine groups is 1. The van der Waals surface area contributed by atoms with Crippen molar-refractivity contribution in [1.29, 1.82) is 0 Å².